The Morgan fingerprint density at radius 2 is 1.85 bits per heavy atom. The molecule has 1 saturated heterocycles. The average Bonchev–Trinajstić information content (AvgIpc) is 2.37. The van der Waals surface area contributed by atoms with Crippen molar-refractivity contribution in [3.05, 3.63) is 29.6 Å². The van der Waals surface area contributed by atoms with Crippen molar-refractivity contribution in [2.75, 3.05) is 32.1 Å². The standard InChI is InChI=1S/C16H25FN2S/c1-16(2,20)12-5-6-15(14(17)11-12)19-9-7-13(8-10-19)18(3)4/h5-6,11,13,20H,7-10H2,1-4H3. The molecule has 0 radical (unpaired) electrons. The molecule has 0 bridgehead atoms. The third-order valence-corrected chi connectivity index (χ3v) is 4.45. The molecule has 2 nitrogen and oxygen atoms in total. The summed E-state index contributed by atoms with van der Waals surface area (Å²) in [6.45, 7) is 5.80. The summed E-state index contributed by atoms with van der Waals surface area (Å²) in [5, 5.41) is 0. The zero-order valence-electron chi connectivity index (χ0n) is 12.9. The van der Waals surface area contributed by atoms with Gasteiger partial charge >= 0.3 is 0 Å². The van der Waals surface area contributed by atoms with Gasteiger partial charge in [0.25, 0.3) is 0 Å². The van der Waals surface area contributed by atoms with Crippen molar-refractivity contribution in [1.29, 1.82) is 0 Å². The Hall–Kier alpha value is -0.740. The Labute approximate surface area is 127 Å². The van der Waals surface area contributed by atoms with Crippen LogP contribution in [0.25, 0.3) is 0 Å². The third-order valence-electron chi connectivity index (χ3n) is 4.19. The van der Waals surface area contributed by atoms with Gasteiger partial charge in [0.2, 0.25) is 0 Å². The summed E-state index contributed by atoms with van der Waals surface area (Å²) in [7, 11) is 4.23. The van der Waals surface area contributed by atoms with Gasteiger partial charge in [-0.2, -0.15) is 12.6 Å². The van der Waals surface area contributed by atoms with Gasteiger partial charge < -0.3 is 9.80 Å². The molecule has 0 aromatic heterocycles. The lowest BCUT2D eigenvalue weighted by Gasteiger charge is -2.36. The molecule has 0 aliphatic carbocycles. The minimum Gasteiger partial charge on any atom is -0.369 e. The maximum Gasteiger partial charge on any atom is 0.146 e. The molecule has 112 valence electrons. The molecule has 4 heteroatoms. The molecule has 1 heterocycles. The van der Waals surface area contributed by atoms with Gasteiger partial charge in [-0.25, -0.2) is 4.39 Å². The van der Waals surface area contributed by atoms with Crippen LogP contribution in [0.1, 0.15) is 32.3 Å². The fourth-order valence-electron chi connectivity index (χ4n) is 2.77. The minimum absolute atomic E-state index is 0.132. The fourth-order valence-corrected chi connectivity index (χ4v) is 2.91. The first-order chi connectivity index (χ1) is 9.29. The van der Waals surface area contributed by atoms with E-state index >= 15 is 0 Å². The van der Waals surface area contributed by atoms with Gasteiger partial charge in [0.15, 0.2) is 0 Å². The van der Waals surface area contributed by atoms with Crippen molar-refractivity contribution in [2.45, 2.75) is 37.5 Å². The average molecular weight is 296 g/mol. The van der Waals surface area contributed by atoms with Crippen LogP contribution in [0, 0.1) is 5.82 Å². The lowest BCUT2D eigenvalue weighted by atomic mass is 10.00. The highest BCUT2D eigenvalue weighted by atomic mass is 32.1. The van der Waals surface area contributed by atoms with E-state index in [2.05, 4.69) is 36.5 Å². The maximum absolute atomic E-state index is 14.3. The second kappa shape index (κ2) is 5.94. The second-order valence-electron chi connectivity index (χ2n) is 6.41. The van der Waals surface area contributed by atoms with Crippen molar-refractivity contribution < 1.29 is 4.39 Å². The van der Waals surface area contributed by atoms with Crippen molar-refractivity contribution in [2.24, 2.45) is 0 Å². The smallest absolute Gasteiger partial charge is 0.146 e. The van der Waals surface area contributed by atoms with E-state index in [0.29, 0.717) is 6.04 Å². The number of nitrogens with zero attached hydrogens (tertiary/aromatic N) is 2. The van der Waals surface area contributed by atoms with E-state index in [9.17, 15) is 4.39 Å². The molecule has 0 N–H and O–H groups in total. The number of piperidine rings is 1. The van der Waals surface area contributed by atoms with Gasteiger partial charge in [-0.1, -0.05) is 6.07 Å². The van der Waals surface area contributed by atoms with Gasteiger partial charge in [-0.05, 0) is 58.5 Å². The Kier molecular flexibility index (Phi) is 4.65. The van der Waals surface area contributed by atoms with Crippen molar-refractivity contribution in [1.82, 2.24) is 4.90 Å². The summed E-state index contributed by atoms with van der Waals surface area (Å²) in [6, 6.07) is 6.13. The number of anilines is 1. The van der Waals surface area contributed by atoms with Crippen LogP contribution in [0.15, 0.2) is 18.2 Å². The summed E-state index contributed by atoms with van der Waals surface area (Å²) in [4.78, 5) is 4.42. The summed E-state index contributed by atoms with van der Waals surface area (Å²) < 4.78 is 14.0. The molecule has 1 aliphatic rings. The quantitative estimate of drug-likeness (QED) is 0.853. The Morgan fingerprint density at radius 3 is 2.30 bits per heavy atom. The van der Waals surface area contributed by atoms with Crippen molar-refractivity contribution >= 4 is 18.3 Å². The molecule has 0 unspecified atom stereocenters. The summed E-state index contributed by atoms with van der Waals surface area (Å²) in [6.07, 6.45) is 2.18. The van der Waals surface area contributed by atoms with Crippen LogP contribution in [-0.4, -0.2) is 38.1 Å². The number of hydrogen-bond donors (Lipinski definition) is 1. The normalized spacial score (nSPS) is 17.9. The summed E-state index contributed by atoms with van der Waals surface area (Å²) >= 11 is 4.50. The van der Waals surface area contributed by atoms with Crippen molar-refractivity contribution in [3.8, 4) is 0 Å². The predicted molar refractivity (Wildman–Crippen MR) is 87.3 cm³/mol. The lowest BCUT2D eigenvalue weighted by molar-refractivity contribution is 0.249. The summed E-state index contributed by atoms with van der Waals surface area (Å²) in [5.74, 6) is -0.132. The number of halogens is 1. The number of thiol groups is 1. The molecular formula is C16H25FN2S. The molecule has 0 spiro atoms. The molecule has 0 atom stereocenters. The number of hydrogen-bond acceptors (Lipinski definition) is 3. The molecule has 1 aromatic carbocycles. The maximum atomic E-state index is 14.3. The van der Waals surface area contributed by atoms with Crippen LogP contribution in [0.2, 0.25) is 0 Å². The second-order valence-corrected chi connectivity index (χ2v) is 7.53. The van der Waals surface area contributed by atoms with E-state index in [1.165, 1.54) is 0 Å². The number of rotatable bonds is 3. The van der Waals surface area contributed by atoms with Crippen LogP contribution in [0.4, 0.5) is 10.1 Å². The van der Waals surface area contributed by atoms with Crippen LogP contribution >= 0.6 is 12.6 Å². The number of benzene rings is 1. The summed E-state index contributed by atoms with van der Waals surface area (Å²) in [5.41, 5.74) is 1.65. The van der Waals surface area contributed by atoms with E-state index in [-0.39, 0.29) is 10.6 Å². The predicted octanol–water partition coefficient (Wildman–Crippen LogP) is 3.52. The zero-order valence-corrected chi connectivity index (χ0v) is 13.8. The van der Waals surface area contributed by atoms with Crippen LogP contribution in [0.3, 0.4) is 0 Å². The lowest BCUT2D eigenvalue weighted by Crippen LogP contribution is -2.42. The molecule has 1 fully saturated rings. The molecule has 1 aromatic rings. The Bertz CT molecular complexity index is 460. The molecule has 0 saturated carbocycles. The minimum atomic E-state index is -0.308. The molecule has 0 amide bonds. The van der Waals surface area contributed by atoms with Gasteiger partial charge in [0.1, 0.15) is 5.82 Å². The molecular weight excluding hydrogens is 271 g/mol. The molecule has 2 rings (SSSR count). The van der Waals surface area contributed by atoms with E-state index in [4.69, 9.17) is 0 Å². The van der Waals surface area contributed by atoms with E-state index in [0.717, 1.165) is 37.2 Å². The highest BCUT2D eigenvalue weighted by Gasteiger charge is 2.23. The van der Waals surface area contributed by atoms with Gasteiger partial charge in [0.05, 0.1) is 5.69 Å². The van der Waals surface area contributed by atoms with Gasteiger partial charge in [-0.3, -0.25) is 0 Å². The zero-order chi connectivity index (χ0) is 14.9. The SMILES string of the molecule is CN(C)C1CCN(c2ccc(C(C)(C)S)cc2F)CC1. The largest absolute Gasteiger partial charge is 0.369 e. The highest BCUT2D eigenvalue weighted by Crippen LogP contribution is 2.31. The third kappa shape index (κ3) is 3.47. The molecule has 1 aliphatic heterocycles. The first kappa shape index (κ1) is 15.6. The van der Waals surface area contributed by atoms with Crippen LogP contribution in [-0.2, 0) is 4.75 Å². The van der Waals surface area contributed by atoms with Gasteiger partial charge in [0, 0.05) is 23.9 Å². The van der Waals surface area contributed by atoms with E-state index in [1.54, 1.807) is 6.07 Å². The van der Waals surface area contributed by atoms with Gasteiger partial charge in [-0.15, -0.1) is 0 Å². The topological polar surface area (TPSA) is 6.48 Å². The fraction of sp³-hybridized carbons (Fsp3) is 0.625. The van der Waals surface area contributed by atoms with Crippen molar-refractivity contribution in [3.63, 3.8) is 0 Å². The monoisotopic (exact) mass is 296 g/mol. The first-order valence-electron chi connectivity index (χ1n) is 7.23. The Balaban J connectivity index is 2.11. The Morgan fingerprint density at radius 1 is 1.25 bits per heavy atom. The van der Waals surface area contributed by atoms with E-state index < -0.39 is 0 Å². The van der Waals surface area contributed by atoms with Crippen LogP contribution < -0.4 is 4.90 Å². The van der Waals surface area contributed by atoms with E-state index in [1.807, 2.05) is 26.0 Å². The molecule has 20 heavy (non-hydrogen) atoms. The highest BCUT2D eigenvalue weighted by molar-refractivity contribution is 7.81. The first-order valence-corrected chi connectivity index (χ1v) is 7.67. The van der Waals surface area contributed by atoms with Crippen LogP contribution in [0.5, 0.6) is 0 Å².